The molecule has 1 saturated carbocycles. The number of imide groups is 1. The van der Waals surface area contributed by atoms with Crippen LogP contribution in [0.1, 0.15) is 43.7 Å². The molecule has 2 N–H and O–H groups in total. The van der Waals surface area contributed by atoms with Gasteiger partial charge in [0.2, 0.25) is 11.8 Å². The van der Waals surface area contributed by atoms with E-state index >= 15 is 0 Å². The predicted octanol–water partition coefficient (Wildman–Crippen LogP) is 1.57. The number of hydrogen-bond acceptors (Lipinski definition) is 5. The molecule has 3 fully saturated rings. The van der Waals surface area contributed by atoms with Gasteiger partial charge in [-0.25, -0.2) is 10.4 Å². The van der Waals surface area contributed by atoms with Crippen molar-refractivity contribution in [2.75, 3.05) is 7.05 Å². The fourth-order valence-electron chi connectivity index (χ4n) is 4.47. The van der Waals surface area contributed by atoms with E-state index in [0.717, 1.165) is 31.2 Å². The number of benzene rings is 1. The van der Waals surface area contributed by atoms with Crippen LogP contribution in [0.5, 0.6) is 5.75 Å². The van der Waals surface area contributed by atoms with E-state index in [4.69, 9.17) is 0 Å². The molecule has 3 aliphatic rings. The van der Waals surface area contributed by atoms with Crippen LogP contribution in [0.4, 0.5) is 0 Å². The molecule has 6 nitrogen and oxygen atoms in total. The summed E-state index contributed by atoms with van der Waals surface area (Å²) in [5, 5.41) is 11.3. The summed E-state index contributed by atoms with van der Waals surface area (Å²) in [6.07, 6.45) is 5.23. The number of aromatic hydroxyl groups is 1. The molecule has 2 aliphatic heterocycles. The van der Waals surface area contributed by atoms with Crippen LogP contribution in [-0.4, -0.2) is 46.0 Å². The molecule has 24 heavy (non-hydrogen) atoms. The highest BCUT2D eigenvalue weighted by Gasteiger charge is 2.58. The first kappa shape index (κ1) is 15.6. The molecule has 2 saturated heterocycles. The van der Waals surface area contributed by atoms with Gasteiger partial charge in [-0.2, -0.15) is 0 Å². The van der Waals surface area contributed by atoms with Crippen molar-refractivity contribution in [1.29, 1.82) is 0 Å². The highest BCUT2D eigenvalue weighted by molar-refractivity contribution is 6.08. The minimum absolute atomic E-state index is 0.0492. The first-order chi connectivity index (χ1) is 11.6. The molecule has 2 amide bonds. The maximum atomic E-state index is 13.1. The smallest absolute Gasteiger partial charge is 0.249 e. The van der Waals surface area contributed by atoms with E-state index in [0.29, 0.717) is 0 Å². The Kier molecular flexibility index (Phi) is 3.81. The third kappa shape index (κ3) is 2.32. The molecule has 128 valence electrons. The lowest BCUT2D eigenvalue weighted by molar-refractivity contribution is -0.144. The molecule has 3 atom stereocenters. The van der Waals surface area contributed by atoms with Crippen molar-refractivity contribution in [3.8, 4) is 5.75 Å². The van der Waals surface area contributed by atoms with Crippen molar-refractivity contribution in [3.63, 3.8) is 0 Å². The van der Waals surface area contributed by atoms with Gasteiger partial charge in [-0.1, -0.05) is 31.4 Å². The number of hydrazine groups is 1. The van der Waals surface area contributed by atoms with Crippen LogP contribution in [-0.2, 0) is 9.59 Å². The van der Waals surface area contributed by atoms with E-state index in [1.807, 2.05) is 19.2 Å². The first-order valence-electron chi connectivity index (χ1n) is 8.73. The second kappa shape index (κ2) is 5.86. The quantitative estimate of drug-likeness (QED) is 0.806. The number of nitrogens with zero attached hydrogens (tertiary/aromatic N) is 2. The van der Waals surface area contributed by atoms with Crippen molar-refractivity contribution in [2.45, 2.75) is 50.2 Å². The number of carbonyl (C=O) groups excluding carboxylic acids is 2. The Bertz CT molecular complexity index is 654. The van der Waals surface area contributed by atoms with Gasteiger partial charge in [0.15, 0.2) is 0 Å². The Balaban J connectivity index is 1.64. The van der Waals surface area contributed by atoms with Gasteiger partial charge in [-0.05, 0) is 30.5 Å². The Hall–Kier alpha value is -1.92. The lowest BCUT2D eigenvalue weighted by Crippen LogP contribution is -2.47. The van der Waals surface area contributed by atoms with E-state index < -0.39 is 12.0 Å². The Labute approximate surface area is 141 Å². The second-order valence-corrected chi connectivity index (χ2v) is 7.12. The monoisotopic (exact) mass is 329 g/mol. The van der Waals surface area contributed by atoms with Crippen molar-refractivity contribution >= 4 is 11.8 Å². The Morgan fingerprint density at radius 3 is 2.38 bits per heavy atom. The normalized spacial score (nSPS) is 31.7. The summed E-state index contributed by atoms with van der Waals surface area (Å²) < 4.78 is 0. The van der Waals surface area contributed by atoms with Gasteiger partial charge in [0.05, 0.1) is 12.0 Å². The molecule has 1 aliphatic carbocycles. The predicted molar refractivity (Wildman–Crippen MR) is 87.8 cm³/mol. The summed E-state index contributed by atoms with van der Waals surface area (Å²) in [6.45, 7) is 0. The number of hydrogen-bond donors (Lipinski definition) is 2. The van der Waals surface area contributed by atoms with E-state index in [2.05, 4.69) is 5.43 Å². The molecule has 1 aromatic carbocycles. The van der Waals surface area contributed by atoms with Crippen molar-refractivity contribution in [3.05, 3.63) is 29.8 Å². The van der Waals surface area contributed by atoms with Crippen LogP contribution in [0, 0.1) is 5.92 Å². The van der Waals surface area contributed by atoms with E-state index in [9.17, 15) is 14.7 Å². The molecule has 1 aromatic rings. The third-order valence-electron chi connectivity index (χ3n) is 5.66. The second-order valence-electron chi connectivity index (χ2n) is 7.12. The SMILES string of the molecule is CN1N[C@H](c2ccc(O)cc2)[C@H]2C(=O)N(C3CCCCC3)C(=O)[C@@H]21. The molecule has 4 rings (SSSR count). The number of amides is 2. The van der Waals surface area contributed by atoms with Crippen LogP contribution in [0.25, 0.3) is 0 Å². The van der Waals surface area contributed by atoms with Crippen LogP contribution in [0.15, 0.2) is 24.3 Å². The summed E-state index contributed by atoms with van der Waals surface area (Å²) >= 11 is 0. The molecule has 0 bridgehead atoms. The highest BCUT2D eigenvalue weighted by atomic mass is 16.3. The molecule has 0 aromatic heterocycles. The zero-order valence-corrected chi connectivity index (χ0v) is 13.8. The van der Waals surface area contributed by atoms with E-state index in [1.165, 1.54) is 6.42 Å². The van der Waals surface area contributed by atoms with Gasteiger partial charge in [-0.15, -0.1) is 0 Å². The summed E-state index contributed by atoms with van der Waals surface area (Å²) in [5.41, 5.74) is 4.17. The molecule has 6 heteroatoms. The van der Waals surface area contributed by atoms with E-state index in [1.54, 1.807) is 22.0 Å². The minimum Gasteiger partial charge on any atom is -0.508 e. The zero-order chi connectivity index (χ0) is 16.8. The van der Waals surface area contributed by atoms with Gasteiger partial charge in [0, 0.05) is 13.1 Å². The van der Waals surface area contributed by atoms with Crippen molar-refractivity contribution in [1.82, 2.24) is 15.3 Å². The van der Waals surface area contributed by atoms with Gasteiger partial charge in [-0.3, -0.25) is 14.5 Å². The molecular weight excluding hydrogens is 306 g/mol. The first-order valence-corrected chi connectivity index (χ1v) is 8.73. The average molecular weight is 329 g/mol. The lowest BCUT2D eigenvalue weighted by Gasteiger charge is -2.31. The highest BCUT2D eigenvalue weighted by Crippen LogP contribution is 2.41. The Morgan fingerprint density at radius 1 is 1.04 bits per heavy atom. The van der Waals surface area contributed by atoms with Crippen LogP contribution < -0.4 is 5.43 Å². The maximum Gasteiger partial charge on any atom is 0.249 e. The fourth-order valence-corrected chi connectivity index (χ4v) is 4.47. The third-order valence-corrected chi connectivity index (χ3v) is 5.66. The van der Waals surface area contributed by atoms with Crippen molar-refractivity contribution < 1.29 is 14.7 Å². The standard InChI is InChI=1S/C18H23N3O3/c1-20-16-14(15(19-20)11-7-9-13(22)10-8-11)17(23)21(18(16)24)12-5-3-2-4-6-12/h7-10,12,14-16,19,22H,2-6H2,1H3/t14-,15-,16-/m1/s1. The minimum atomic E-state index is -0.432. The molecular formula is C18H23N3O3. The van der Waals surface area contributed by atoms with Crippen LogP contribution in [0.2, 0.25) is 0 Å². The maximum absolute atomic E-state index is 13.1. The summed E-state index contributed by atoms with van der Waals surface area (Å²) in [5.74, 6) is -0.312. The number of phenolic OH excluding ortho intramolecular Hbond substituents is 1. The number of carbonyl (C=O) groups is 2. The molecule has 2 heterocycles. The molecule has 0 unspecified atom stereocenters. The van der Waals surface area contributed by atoms with Gasteiger partial charge >= 0.3 is 0 Å². The summed E-state index contributed by atoms with van der Waals surface area (Å²) in [7, 11) is 1.83. The zero-order valence-electron chi connectivity index (χ0n) is 13.8. The summed E-state index contributed by atoms with van der Waals surface area (Å²) in [6, 6.07) is 6.26. The van der Waals surface area contributed by atoms with Gasteiger partial charge in [0.25, 0.3) is 0 Å². The fraction of sp³-hybridized carbons (Fsp3) is 0.556. The number of likely N-dealkylation sites (tertiary alicyclic amines) is 1. The molecule has 0 radical (unpaired) electrons. The van der Waals surface area contributed by atoms with Crippen LogP contribution in [0.3, 0.4) is 0 Å². The number of phenols is 1. The average Bonchev–Trinajstić information content (AvgIpc) is 3.06. The number of rotatable bonds is 2. The number of nitrogens with one attached hydrogen (secondary N) is 1. The Morgan fingerprint density at radius 2 is 1.71 bits per heavy atom. The topological polar surface area (TPSA) is 72.9 Å². The van der Waals surface area contributed by atoms with E-state index in [-0.39, 0.29) is 29.6 Å². The van der Waals surface area contributed by atoms with Gasteiger partial charge < -0.3 is 5.11 Å². The van der Waals surface area contributed by atoms with Crippen molar-refractivity contribution in [2.24, 2.45) is 5.92 Å². The summed E-state index contributed by atoms with van der Waals surface area (Å²) in [4.78, 5) is 27.6. The number of likely N-dealkylation sites (N-methyl/N-ethyl adjacent to an activating group) is 1. The largest absolute Gasteiger partial charge is 0.508 e. The lowest BCUT2D eigenvalue weighted by atomic mass is 9.90. The number of fused-ring (bicyclic) bond motifs is 1. The van der Waals surface area contributed by atoms with Gasteiger partial charge in [0.1, 0.15) is 11.8 Å². The molecule has 0 spiro atoms. The van der Waals surface area contributed by atoms with Crippen LogP contribution >= 0.6 is 0 Å².